The fourth-order valence-electron chi connectivity index (χ4n) is 3.74. The van der Waals surface area contributed by atoms with Crippen molar-refractivity contribution in [1.29, 1.82) is 0 Å². The molecule has 6 nitrogen and oxygen atoms in total. The van der Waals surface area contributed by atoms with Gasteiger partial charge in [0, 0.05) is 38.1 Å². The van der Waals surface area contributed by atoms with Crippen molar-refractivity contribution in [1.82, 2.24) is 15.1 Å². The second kappa shape index (κ2) is 7.87. The van der Waals surface area contributed by atoms with Crippen molar-refractivity contribution in [2.24, 2.45) is 0 Å². The normalized spacial score (nSPS) is 24.7. The smallest absolute Gasteiger partial charge is 0.226 e. The van der Waals surface area contributed by atoms with Gasteiger partial charge in [-0.05, 0) is 32.0 Å². The van der Waals surface area contributed by atoms with Gasteiger partial charge in [0.2, 0.25) is 11.8 Å². The summed E-state index contributed by atoms with van der Waals surface area (Å²) in [6.07, 6.45) is 2.61. The number of para-hydroxylation sites is 1. The molecule has 1 atom stereocenters. The van der Waals surface area contributed by atoms with Crippen molar-refractivity contribution < 1.29 is 14.3 Å². The highest BCUT2D eigenvalue weighted by atomic mass is 16.5. The van der Waals surface area contributed by atoms with Crippen molar-refractivity contribution in [2.75, 3.05) is 39.8 Å². The van der Waals surface area contributed by atoms with Crippen LogP contribution in [0, 0.1) is 0 Å². The maximum Gasteiger partial charge on any atom is 0.226 e. The molecule has 1 N–H and O–H groups in total. The Hall–Kier alpha value is -2.08. The van der Waals surface area contributed by atoms with Crippen LogP contribution >= 0.6 is 0 Å². The van der Waals surface area contributed by atoms with E-state index >= 15 is 0 Å². The van der Waals surface area contributed by atoms with E-state index in [4.69, 9.17) is 4.74 Å². The molecule has 1 aromatic carbocycles. The van der Waals surface area contributed by atoms with Gasteiger partial charge in [-0.25, -0.2) is 0 Å². The second-order valence-electron chi connectivity index (χ2n) is 6.97. The summed E-state index contributed by atoms with van der Waals surface area (Å²) in [4.78, 5) is 28.6. The molecule has 3 rings (SSSR count). The van der Waals surface area contributed by atoms with Crippen LogP contribution in [0.25, 0.3) is 0 Å². The Morgan fingerprint density at radius 1 is 1.24 bits per heavy atom. The van der Waals surface area contributed by atoms with Crippen LogP contribution in [-0.4, -0.2) is 67.0 Å². The Labute approximate surface area is 149 Å². The second-order valence-corrected chi connectivity index (χ2v) is 6.97. The highest BCUT2D eigenvalue weighted by Crippen LogP contribution is 2.30. The predicted octanol–water partition coefficient (Wildman–Crippen LogP) is 1.27. The maximum absolute atomic E-state index is 12.6. The Bertz CT molecular complexity index is 607. The maximum atomic E-state index is 12.6. The van der Waals surface area contributed by atoms with Gasteiger partial charge in [-0.2, -0.15) is 0 Å². The third-order valence-electron chi connectivity index (χ3n) is 5.41. The molecule has 2 saturated heterocycles. The van der Waals surface area contributed by atoms with Gasteiger partial charge in [-0.1, -0.05) is 18.2 Å². The summed E-state index contributed by atoms with van der Waals surface area (Å²) in [5.41, 5.74) is -0.0899. The molecule has 0 radical (unpaired) electrons. The molecule has 25 heavy (non-hydrogen) atoms. The average molecular weight is 345 g/mol. The lowest BCUT2D eigenvalue weighted by atomic mass is 9.86. The molecular weight excluding hydrogens is 318 g/mol. The van der Waals surface area contributed by atoms with E-state index in [2.05, 4.69) is 17.3 Å². The fourth-order valence-corrected chi connectivity index (χ4v) is 3.74. The number of likely N-dealkylation sites (N-methyl/N-ethyl adjacent to an activating group) is 1. The minimum absolute atomic E-state index is 0.0899. The number of nitrogens with zero attached hydrogens (tertiary/aromatic N) is 2. The number of amides is 2. The van der Waals surface area contributed by atoms with Crippen LogP contribution in [0.3, 0.4) is 0 Å². The third-order valence-corrected chi connectivity index (χ3v) is 5.41. The van der Waals surface area contributed by atoms with Crippen LogP contribution in [-0.2, 0) is 9.59 Å². The molecule has 0 saturated carbocycles. The van der Waals surface area contributed by atoms with Gasteiger partial charge >= 0.3 is 0 Å². The molecule has 2 heterocycles. The first-order valence-corrected chi connectivity index (χ1v) is 9.03. The van der Waals surface area contributed by atoms with Crippen LogP contribution in [0.1, 0.15) is 25.7 Å². The van der Waals surface area contributed by atoms with Gasteiger partial charge in [-0.3, -0.25) is 14.5 Å². The fraction of sp³-hybridized carbons (Fsp3) is 0.579. The van der Waals surface area contributed by atoms with Gasteiger partial charge in [-0.15, -0.1) is 0 Å². The molecule has 0 unspecified atom stereocenters. The summed E-state index contributed by atoms with van der Waals surface area (Å²) >= 11 is 0. The molecule has 136 valence electrons. The molecule has 2 amide bonds. The first-order chi connectivity index (χ1) is 12.1. The number of ether oxygens (including phenoxy) is 1. The van der Waals surface area contributed by atoms with E-state index in [0.29, 0.717) is 32.5 Å². The van der Waals surface area contributed by atoms with E-state index in [1.54, 1.807) is 0 Å². The van der Waals surface area contributed by atoms with E-state index in [-0.39, 0.29) is 17.4 Å². The molecule has 2 aliphatic rings. The molecule has 0 aromatic heterocycles. The summed E-state index contributed by atoms with van der Waals surface area (Å²) in [5, 5.41) is 2.94. The Morgan fingerprint density at radius 3 is 2.84 bits per heavy atom. The van der Waals surface area contributed by atoms with Crippen LogP contribution in [0.5, 0.6) is 5.75 Å². The van der Waals surface area contributed by atoms with Gasteiger partial charge in [0.1, 0.15) is 5.75 Å². The van der Waals surface area contributed by atoms with Gasteiger partial charge in [0.05, 0.1) is 13.0 Å². The largest absolute Gasteiger partial charge is 0.493 e. The topological polar surface area (TPSA) is 61.9 Å². The lowest BCUT2D eigenvalue weighted by Gasteiger charge is -2.49. The molecular formula is C19H27N3O3. The summed E-state index contributed by atoms with van der Waals surface area (Å²) in [5.74, 6) is 1.04. The van der Waals surface area contributed by atoms with E-state index in [1.165, 1.54) is 0 Å². The van der Waals surface area contributed by atoms with Crippen molar-refractivity contribution >= 4 is 11.8 Å². The van der Waals surface area contributed by atoms with Crippen molar-refractivity contribution in [3.63, 3.8) is 0 Å². The molecule has 0 aliphatic carbocycles. The third kappa shape index (κ3) is 4.31. The molecule has 2 fully saturated rings. The number of carbonyl (C=O) groups is 2. The van der Waals surface area contributed by atoms with Gasteiger partial charge in [0.25, 0.3) is 0 Å². The number of piperazine rings is 1. The minimum Gasteiger partial charge on any atom is -0.493 e. The number of rotatable bonds is 4. The molecule has 1 spiro atoms. The standard InChI is InChI=1S/C19H27N3O3/c1-21-12-13-22(15-19(21)9-7-17(23)20-11-10-19)18(24)8-14-25-16-5-3-2-4-6-16/h2-6H,7-15H2,1H3,(H,20,23)/t19-/m0/s1. The predicted molar refractivity (Wildman–Crippen MR) is 95.4 cm³/mol. The van der Waals surface area contributed by atoms with Crippen LogP contribution in [0.15, 0.2) is 30.3 Å². The monoisotopic (exact) mass is 345 g/mol. The summed E-state index contributed by atoms with van der Waals surface area (Å²) in [6, 6.07) is 9.56. The van der Waals surface area contributed by atoms with Crippen molar-refractivity contribution in [2.45, 2.75) is 31.2 Å². The molecule has 2 aliphatic heterocycles. The zero-order chi connectivity index (χ0) is 17.7. The van der Waals surface area contributed by atoms with E-state index in [1.807, 2.05) is 35.2 Å². The van der Waals surface area contributed by atoms with E-state index in [0.717, 1.165) is 31.7 Å². The van der Waals surface area contributed by atoms with Crippen LogP contribution in [0.4, 0.5) is 0 Å². The summed E-state index contributed by atoms with van der Waals surface area (Å²) in [7, 11) is 2.11. The quantitative estimate of drug-likeness (QED) is 0.893. The number of hydrogen-bond acceptors (Lipinski definition) is 4. The lowest BCUT2D eigenvalue weighted by Crippen LogP contribution is -2.62. The molecule has 6 heteroatoms. The Balaban J connectivity index is 1.55. The first-order valence-electron chi connectivity index (χ1n) is 9.03. The van der Waals surface area contributed by atoms with E-state index in [9.17, 15) is 9.59 Å². The molecule has 0 bridgehead atoms. The number of benzene rings is 1. The zero-order valence-electron chi connectivity index (χ0n) is 14.9. The van der Waals surface area contributed by atoms with Gasteiger partial charge in [0.15, 0.2) is 0 Å². The SMILES string of the molecule is CN1CCN(C(=O)CCOc2ccccc2)C[C@]12CCNC(=O)CC2. The van der Waals surface area contributed by atoms with Crippen LogP contribution < -0.4 is 10.1 Å². The Kier molecular flexibility index (Phi) is 5.58. The van der Waals surface area contributed by atoms with Crippen LogP contribution in [0.2, 0.25) is 0 Å². The molecule has 1 aromatic rings. The average Bonchev–Trinajstić information content (AvgIpc) is 2.81. The zero-order valence-corrected chi connectivity index (χ0v) is 14.9. The number of hydrogen-bond donors (Lipinski definition) is 1. The number of carbonyl (C=O) groups excluding carboxylic acids is 2. The van der Waals surface area contributed by atoms with E-state index < -0.39 is 0 Å². The Morgan fingerprint density at radius 2 is 2.04 bits per heavy atom. The lowest BCUT2D eigenvalue weighted by molar-refractivity contribution is -0.137. The minimum atomic E-state index is -0.0899. The van der Waals surface area contributed by atoms with Crippen molar-refractivity contribution in [3.05, 3.63) is 30.3 Å². The van der Waals surface area contributed by atoms with Crippen molar-refractivity contribution in [3.8, 4) is 5.75 Å². The highest BCUT2D eigenvalue weighted by molar-refractivity contribution is 5.77. The number of nitrogens with one attached hydrogen (secondary N) is 1. The first kappa shape index (κ1) is 17.7. The summed E-state index contributed by atoms with van der Waals surface area (Å²) in [6.45, 7) is 3.36. The van der Waals surface area contributed by atoms with Gasteiger partial charge < -0.3 is 15.0 Å². The highest BCUT2D eigenvalue weighted by Gasteiger charge is 2.41. The summed E-state index contributed by atoms with van der Waals surface area (Å²) < 4.78 is 5.65.